The summed E-state index contributed by atoms with van der Waals surface area (Å²) in [5.41, 5.74) is 0. The number of nitrogens with zero attached hydrogens (tertiary/aromatic N) is 2. The van der Waals surface area contributed by atoms with Gasteiger partial charge in [0.2, 0.25) is 9.04 Å². The van der Waals surface area contributed by atoms with Gasteiger partial charge in [0.05, 0.1) is 0 Å². The van der Waals surface area contributed by atoms with Crippen molar-refractivity contribution in [2.45, 2.75) is 13.1 Å². The number of hydrogen-bond donors (Lipinski definition) is 0. The molecular formula is C10H12N2O4Si. The quantitative estimate of drug-likeness (QED) is 0.599. The first kappa shape index (κ1) is 13.0. The highest BCUT2D eigenvalue weighted by atomic mass is 28.3. The van der Waals surface area contributed by atoms with Crippen molar-refractivity contribution in [1.82, 2.24) is 0 Å². The summed E-state index contributed by atoms with van der Waals surface area (Å²) in [7, 11) is -1.52. The van der Waals surface area contributed by atoms with Crippen molar-refractivity contribution in [3.05, 3.63) is 30.3 Å². The highest BCUT2D eigenvalue weighted by Gasteiger charge is 2.06. The fraction of sp³-hybridized carbons (Fsp3) is 0.200. The molecule has 0 spiro atoms. The van der Waals surface area contributed by atoms with Crippen LogP contribution in [0.3, 0.4) is 0 Å². The van der Waals surface area contributed by atoms with Gasteiger partial charge in [0.25, 0.3) is 0 Å². The largest absolute Gasteiger partial charge is 0.504 e. The van der Waals surface area contributed by atoms with Crippen molar-refractivity contribution in [3.8, 4) is 5.75 Å². The van der Waals surface area contributed by atoms with Crippen LogP contribution in [0.4, 0.5) is 9.59 Å². The van der Waals surface area contributed by atoms with Crippen molar-refractivity contribution in [2.24, 2.45) is 10.2 Å². The molecular weight excluding hydrogens is 240 g/mol. The van der Waals surface area contributed by atoms with Crippen LogP contribution < -0.4 is 4.74 Å². The maximum atomic E-state index is 11.1. The van der Waals surface area contributed by atoms with E-state index >= 15 is 0 Å². The molecule has 0 aliphatic rings. The molecule has 0 fully saturated rings. The van der Waals surface area contributed by atoms with E-state index in [-0.39, 0.29) is 0 Å². The van der Waals surface area contributed by atoms with Gasteiger partial charge in [-0.2, -0.15) is 0 Å². The number of azo groups is 1. The Kier molecular flexibility index (Phi) is 5.01. The molecule has 6 nitrogen and oxygen atoms in total. The number of para-hydroxylation sites is 1. The Balaban J connectivity index is 2.45. The van der Waals surface area contributed by atoms with E-state index in [1.165, 1.54) is 0 Å². The Morgan fingerprint density at radius 1 is 1.06 bits per heavy atom. The SMILES string of the molecule is C[SiH](C)OC(=O)N=NC(=O)Oc1ccccc1. The van der Waals surface area contributed by atoms with Crippen molar-refractivity contribution in [2.75, 3.05) is 0 Å². The number of rotatable bonds is 2. The van der Waals surface area contributed by atoms with E-state index in [2.05, 4.69) is 10.2 Å². The van der Waals surface area contributed by atoms with E-state index in [0.29, 0.717) is 5.75 Å². The lowest BCUT2D eigenvalue weighted by molar-refractivity contribution is 0.201. The summed E-state index contributed by atoms with van der Waals surface area (Å²) in [6.07, 6.45) is -1.82. The second-order valence-corrected chi connectivity index (χ2v) is 5.65. The van der Waals surface area contributed by atoms with E-state index in [0.717, 1.165) is 0 Å². The molecule has 0 aliphatic heterocycles. The Labute approximate surface area is 100.0 Å². The molecule has 2 amide bonds. The molecule has 17 heavy (non-hydrogen) atoms. The lowest BCUT2D eigenvalue weighted by Gasteiger charge is -2.01. The van der Waals surface area contributed by atoms with Gasteiger partial charge in [0, 0.05) is 0 Å². The zero-order valence-corrected chi connectivity index (χ0v) is 10.6. The molecule has 0 aliphatic carbocycles. The minimum absolute atomic E-state index is 0.336. The molecule has 0 radical (unpaired) electrons. The normalized spacial score (nSPS) is 10.5. The number of amides is 2. The number of hydrogen-bond acceptors (Lipinski definition) is 4. The molecule has 0 unspecified atom stereocenters. The summed E-state index contributed by atoms with van der Waals surface area (Å²) in [6, 6.07) is 8.37. The standard InChI is InChI=1S/C10H12N2O4Si/c1-17(2)16-10(14)12-11-9(13)15-8-6-4-3-5-7-8/h3-7,17H,1-2H3. The minimum atomic E-state index is -1.52. The smallest absolute Gasteiger partial charge is 0.458 e. The van der Waals surface area contributed by atoms with Gasteiger partial charge in [-0.25, -0.2) is 9.59 Å². The minimum Gasteiger partial charge on any atom is -0.504 e. The summed E-state index contributed by atoms with van der Waals surface area (Å²) >= 11 is 0. The van der Waals surface area contributed by atoms with Gasteiger partial charge in [-0.15, -0.1) is 0 Å². The van der Waals surface area contributed by atoms with Crippen molar-refractivity contribution in [1.29, 1.82) is 0 Å². The Morgan fingerprint density at radius 2 is 1.65 bits per heavy atom. The van der Waals surface area contributed by atoms with Crippen molar-refractivity contribution >= 4 is 21.2 Å². The molecule has 0 bridgehead atoms. The Hall–Kier alpha value is -2.02. The third-order valence-electron chi connectivity index (χ3n) is 1.50. The van der Waals surface area contributed by atoms with Crippen LogP contribution in [-0.2, 0) is 4.43 Å². The first-order valence-electron chi connectivity index (χ1n) is 4.97. The zero-order chi connectivity index (χ0) is 12.7. The topological polar surface area (TPSA) is 77.3 Å². The van der Waals surface area contributed by atoms with Crippen LogP contribution in [0.25, 0.3) is 0 Å². The molecule has 0 N–H and O–H groups in total. The molecule has 0 saturated heterocycles. The number of carbonyl (C=O) groups is 2. The third-order valence-corrected chi connectivity index (χ3v) is 2.17. The van der Waals surface area contributed by atoms with Gasteiger partial charge in [0.15, 0.2) is 0 Å². The van der Waals surface area contributed by atoms with Gasteiger partial charge in [0.1, 0.15) is 5.75 Å². The molecule has 1 rings (SSSR count). The van der Waals surface area contributed by atoms with Crippen LogP contribution in [0.1, 0.15) is 0 Å². The Bertz CT molecular complexity index is 420. The van der Waals surface area contributed by atoms with E-state index in [4.69, 9.17) is 9.16 Å². The lowest BCUT2D eigenvalue weighted by atomic mass is 10.3. The van der Waals surface area contributed by atoms with Gasteiger partial charge < -0.3 is 9.16 Å². The van der Waals surface area contributed by atoms with Crippen LogP contribution in [-0.4, -0.2) is 21.2 Å². The van der Waals surface area contributed by atoms with E-state index in [9.17, 15) is 9.59 Å². The van der Waals surface area contributed by atoms with Crippen LogP contribution in [0.2, 0.25) is 13.1 Å². The summed E-state index contributed by atoms with van der Waals surface area (Å²) in [5, 5.41) is 6.17. The second-order valence-electron chi connectivity index (χ2n) is 3.31. The van der Waals surface area contributed by atoms with Gasteiger partial charge in [-0.1, -0.05) is 28.4 Å². The summed E-state index contributed by atoms with van der Waals surface area (Å²) < 4.78 is 9.56. The number of ether oxygens (including phenoxy) is 1. The molecule has 0 aromatic heterocycles. The summed E-state index contributed by atoms with van der Waals surface area (Å²) in [4.78, 5) is 22.1. The summed E-state index contributed by atoms with van der Waals surface area (Å²) in [6.45, 7) is 3.60. The molecule has 0 atom stereocenters. The predicted molar refractivity (Wildman–Crippen MR) is 62.7 cm³/mol. The van der Waals surface area contributed by atoms with Crippen molar-refractivity contribution in [3.63, 3.8) is 0 Å². The molecule has 90 valence electrons. The van der Waals surface area contributed by atoms with Gasteiger partial charge >= 0.3 is 12.2 Å². The second kappa shape index (κ2) is 6.54. The highest BCUT2D eigenvalue weighted by Crippen LogP contribution is 2.09. The average molecular weight is 252 g/mol. The molecule has 1 aromatic carbocycles. The van der Waals surface area contributed by atoms with Gasteiger partial charge in [-0.3, -0.25) is 0 Å². The third kappa shape index (κ3) is 5.57. The molecule has 0 saturated carbocycles. The van der Waals surface area contributed by atoms with Crippen LogP contribution in [0.5, 0.6) is 5.75 Å². The monoisotopic (exact) mass is 252 g/mol. The molecule has 1 aromatic rings. The Morgan fingerprint density at radius 3 is 2.24 bits per heavy atom. The maximum absolute atomic E-state index is 11.1. The van der Waals surface area contributed by atoms with E-state index in [1.54, 1.807) is 43.4 Å². The fourth-order valence-electron chi connectivity index (χ4n) is 0.917. The zero-order valence-electron chi connectivity index (χ0n) is 9.49. The lowest BCUT2D eigenvalue weighted by Crippen LogP contribution is -2.12. The highest BCUT2D eigenvalue weighted by molar-refractivity contribution is 6.50. The first-order chi connectivity index (χ1) is 8.08. The van der Waals surface area contributed by atoms with Crippen LogP contribution in [0, 0.1) is 0 Å². The van der Waals surface area contributed by atoms with Crippen LogP contribution in [0.15, 0.2) is 40.6 Å². The first-order valence-corrected chi connectivity index (χ1v) is 7.75. The fourth-order valence-corrected chi connectivity index (χ4v) is 1.37. The van der Waals surface area contributed by atoms with Crippen molar-refractivity contribution < 1.29 is 18.8 Å². The van der Waals surface area contributed by atoms with Crippen LogP contribution >= 0.6 is 0 Å². The van der Waals surface area contributed by atoms with Gasteiger partial charge in [-0.05, 0) is 25.2 Å². The maximum Gasteiger partial charge on any atom is 0.458 e. The predicted octanol–water partition coefficient (Wildman–Crippen LogP) is 2.76. The van der Waals surface area contributed by atoms with E-state index in [1.807, 2.05) is 0 Å². The average Bonchev–Trinajstić information content (AvgIpc) is 2.27. The number of benzene rings is 1. The number of carbonyl (C=O) groups excluding carboxylic acids is 2. The van der Waals surface area contributed by atoms with E-state index < -0.39 is 21.2 Å². The summed E-state index contributed by atoms with van der Waals surface area (Å²) in [5.74, 6) is 0.336. The molecule has 0 heterocycles. The molecule has 7 heteroatoms.